The summed E-state index contributed by atoms with van der Waals surface area (Å²) in [7, 11) is 0. The van der Waals surface area contributed by atoms with Gasteiger partial charge in [-0.1, -0.05) is 39.3 Å². The molecule has 0 fully saturated rings. The number of nitrogens with zero attached hydrogens (tertiary/aromatic N) is 2. The molecule has 0 aliphatic rings. The predicted molar refractivity (Wildman–Crippen MR) is 75.7 cm³/mol. The summed E-state index contributed by atoms with van der Waals surface area (Å²) < 4.78 is 1.81. The van der Waals surface area contributed by atoms with E-state index in [4.69, 9.17) is 11.6 Å². The maximum atomic E-state index is 11.1. The topological polar surface area (TPSA) is 38.0 Å². The highest BCUT2D eigenvalue weighted by molar-refractivity contribution is 6.31. The fraction of sp³-hybridized carbons (Fsp3) is 0.786. The van der Waals surface area contributed by atoms with Crippen LogP contribution in [0.1, 0.15) is 53.2 Å². The number of hydrogen-bond acceptors (Lipinski definition) is 2. The zero-order valence-electron chi connectivity index (χ0n) is 12.1. The Hall–Kier alpha value is -0.540. The summed E-state index contributed by atoms with van der Waals surface area (Å²) in [5, 5.41) is 15.9. The molecule has 1 heterocycles. The van der Waals surface area contributed by atoms with Crippen LogP contribution < -0.4 is 0 Å². The largest absolute Gasteiger partial charge is 0.383 e. The minimum Gasteiger partial charge on any atom is -0.383 e. The van der Waals surface area contributed by atoms with Gasteiger partial charge in [-0.15, -0.1) is 0 Å². The van der Waals surface area contributed by atoms with E-state index in [1.807, 2.05) is 11.6 Å². The number of halogens is 1. The van der Waals surface area contributed by atoms with Crippen LogP contribution in [0.15, 0.2) is 6.20 Å². The van der Waals surface area contributed by atoms with E-state index in [-0.39, 0.29) is 0 Å². The molecule has 0 aliphatic heterocycles. The molecule has 0 aliphatic carbocycles. The average molecular weight is 273 g/mol. The summed E-state index contributed by atoms with van der Waals surface area (Å²) in [6.45, 7) is 11.2. The molecule has 3 nitrogen and oxygen atoms in total. The van der Waals surface area contributed by atoms with Crippen molar-refractivity contribution in [3.8, 4) is 0 Å². The first-order valence-corrected chi connectivity index (χ1v) is 7.12. The molecule has 0 radical (unpaired) electrons. The van der Waals surface area contributed by atoms with Gasteiger partial charge >= 0.3 is 0 Å². The second kappa shape index (κ2) is 6.07. The lowest BCUT2D eigenvalue weighted by molar-refractivity contribution is -0.0123. The predicted octanol–water partition coefficient (Wildman–Crippen LogP) is 3.84. The van der Waals surface area contributed by atoms with Crippen molar-refractivity contribution in [2.75, 3.05) is 0 Å². The number of aliphatic hydroxyl groups is 1. The summed E-state index contributed by atoms with van der Waals surface area (Å²) in [5.41, 5.74) is -0.111. The lowest BCUT2D eigenvalue weighted by atomic mass is 9.82. The smallest absolute Gasteiger partial charge is 0.108 e. The van der Waals surface area contributed by atoms with E-state index in [2.05, 4.69) is 32.8 Å². The van der Waals surface area contributed by atoms with Gasteiger partial charge in [-0.05, 0) is 31.6 Å². The van der Waals surface area contributed by atoms with Crippen molar-refractivity contribution in [2.45, 2.75) is 59.6 Å². The van der Waals surface area contributed by atoms with Crippen molar-refractivity contribution in [1.29, 1.82) is 0 Å². The minimum absolute atomic E-state index is 0.407. The summed E-state index contributed by atoms with van der Waals surface area (Å²) in [4.78, 5) is 0. The van der Waals surface area contributed by atoms with E-state index >= 15 is 0 Å². The SMILES string of the molecule is CCn1ncc(Cl)c1C(O)(CC(C)C)CC(C)C. The van der Waals surface area contributed by atoms with Gasteiger partial charge in [-0.25, -0.2) is 0 Å². The first-order chi connectivity index (χ1) is 8.30. The normalized spacial score (nSPS) is 12.7. The van der Waals surface area contributed by atoms with Crippen LogP contribution in [0.5, 0.6) is 0 Å². The molecule has 1 rings (SSSR count). The molecule has 1 aromatic heterocycles. The molecule has 0 saturated heterocycles. The molecule has 1 N–H and O–H groups in total. The molecule has 104 valence electrons. The third-order valence-corrected chi connectivity index (χ3v) is 3.30. The van der Waals surface area contributed by atoms with Crippen molar-refractivity contribution in [3.63, 3.8) is 0 Å². The zero-order valence-corrected chi connectivity index (χ0v) is 12.8. The van der Waals surface area contributed by atoms with Crippen molar-refractivity contribution < 1.29 is 5.11 Å². The average Bonchev–Trinajstić information content (AvgIpc) is 2.57. The van der Waals surface area contributed by atoms with Crippen molar-refractivity contribution >= 4 is 11.6 Å². The molecule has 4 heteroatoms. The van der Waals surface area contributed by atoms with Gasteiger partial charge in [0.25, 0.3) is 0 Å². The van der Waals surface area contributed by atoms with E-state index in [0.29, 0.717) is 29.7 Å². The van der Waals surface area contributed by atoms with E-state index in [1.165, 1.54) is 0 Å². The molecule has 0 bridgehead atoms. The Balaban J connectivity index is 3.19. The van der Waals surface area contributed by atoms with Gasteiger partial charge in [0.1, 0.15) is 5.60 Å². The first kappa shape index (κ1) is 15.5. The summed E-state index contributed by atoms with van der Waals surface area (Å²) in [5.74, 6) is 0.815. The Morgan fingerprint density at radius 3 is 2.17 bits per heavy atom. The number of hydrogen-bond donors (Lipinski definition) is 1. The molecule has 0 amide bonds. The molecule has 0 saturated carbocycles. The van der Waals surface area contributed by atoms with Crippen LogP contribution in [0.2, 0.25) is 5.02 Å². The van der Waals surface area contributed by atoms with Gasteiger partial charge in [-0.2, -0.15) is 5.10 Å². The van der Waals surface area contributed by atoms with Crippen LogP contribution in [-0.4, -0.2) is 14.9 Å². The Bertz CT molecular complexity index is 375. The van der Waals surface area contributed by atoms with E-state index < -0.39 is 5.60 Å². The lowest BCUT2D eigenvalue weighted by Gasteiger charge is -2.32. The third-order valence-electron chi connectivity index (χ3n) is 3.03. The van der Waals surface area contributed by atoms with E-state index in [0.717, 1.165) is 12.2 Å². The quantitative estimate of drug-likeness (QED) is 0.854. The van der Waals surface area contributed by atoms with Crippen LogP contribution in [0.4, 0.5) is 0 Å². The van der Waals surface area contributed by atoms with Crippen LogP contribution in [0.25, 0.3) is 0 Å². The minimum atomic E-state index is -0.883. The summed E-state index contributed by atoms with van der Waals surface area (Å²) >= 11 is 6.23. The second-order valence-corrected chi connectivity index (χ2v) is 6.29. The fourth-order valence-corrected chi connectivity index (χ4v) is 3.01. The molecule has 0 atom stereocenters. The summed E-state index contributed by atoms with van der Waals surface area (Å²) in [6.07, 6.45) is 3.04. The van der Waals surface area contributed by atoms with Crippen LogP contribution >= 0.6 is 11.6 Å². The first-order valence-electron chi connectivity index (χ1n) is 6.74. The van der Waals surface area contributed by atoms with Gasteiger partial charge < -0.3 is 5.11 Å². The highest BCUT2D eigenvalue weighted by atomic mass is 35.5. The van der Waals surface area contributed by atoms with Gasteiger partial charge in [0, 0.05) is 6.54 Å². The Kier molecular flexibility index (Phi) is 5.23. The fourth-order valence-electron chi connectivity index (χ4n) is 2.69. The second-order valence-electron chi connectivity index (χ2n) is 5.88. The van der Waals surface area contributed by atoms with Crippen LogP contribution in [-0.2, 0) is 12.1 Å². The van der Waals surface area contributed by atoms with Gasteiger partial charge in [0.2, 0.25) is 0 Å². The zero-order chi connectivity index (χ0) is 13.9. The molecule has 1 aromatic rings. The van der Waals surface area contributed by atoms with Crippen LogP contribution in [0, 0.1) is 11.8 Å². The standard InChI is InChI=1S/C14H25ClN2O/c1-6-17-13(12(15)9-16-17)14(18,7-10(2)3)8-11(4)5/h9-11,18H,6-8H2,1-5H3. The molecule has 0 spiro atoms. The monoisotopic (exact) mass is 272 g/mol. The molecular formula is C14H25ClN2O. The van der Waals surface area contributed by atoms with Gasteiger partial charge in [0.05, 0.1) is 16.9 Å². The molecule has 18 heavy (non-hydrogen) atoms. The Labute approximate surface area is 115 Å². The molecule has 0 unspecified atom stereocenters. The highest BCUT2D eigenvalue weighted by Gasteiger charge is 2.36. The lowest BCUT2D eigenvalue weighted by Crippen LogP contribution is -2.32. The van der Waals surface area contributed by atoms with E-state index in [9.17, 15) is 5.11 Å². The van der Waals surface area contributed by atoms with Gasteiger partial charge in [-0.3, -0.25) is 4.68 Å². The number of aryl methyl sites for hydroxylation is 1. The number of aromatic nitrogens is 2. The van der Waals surface area contributed by atoms with Crippen molar-refractivity contribution in [3.05, 3.63) is 16.9 Å². The molecular weight excluding hydrogens is 248 g/mol. The number of rotatable bonds is 6. The van der Waals surface area contributed by atoms with Crippen molar-refractivity contribution in [2.24, 2.45) is 11.8 Å². The van der Waals surface area contributed by atoms with Gasteiger partial charge in [0.15, 0.2) is 0 Å². The highest BCUT2D eigenvalue weighted by Crippen LogP contribution is 2.38. The Morgan fingerprint density at radius 1 is 1.28 bits per heavy atom. The third kappa shape index (κ3) is 3.48. The maximum Gasteiger partial charge on any atom is 0.108 e. The van der Waals surface area contributed by atoms with E-state index in [1.54, 1.807) is 6.20 Å². The maximum absolute atomic E-state index is 11.1. The van der Waals surface area contributed by atoms with Crippen LogP contribution in [0.3, 0.4) is 0 Å². The molecule has 0 aromatic carbocycles. The Morgan fingerprint density at radius 2 is 1.78 bits per heavy atom. The summed E-state index contributed by atoms with van der Waals surface area (Å²) in [6, 6.07) is 0. The van der Waals surface area contributed by atoms with Crippen molar-refractivity contribution in [1.82, 2.24) is 9.78 Å².